The molecule has 0 aliphatic rings. The predicted octanol–water partition coefficient (Wildman–Crippen LogP) is 0.966. The molecule has 0 saturated heterocycles. The average molecular weight is 254 g/mol. The third-order valence-electron chi connectivity index (χ3n) is 2.84. The van der Waals surface area contributed by atoms with Crippen molar-refractivity contribution in [3.8, 4) is 5.75 Å². The number of phenols is 1. The molecule has 2 unspecified atom stereocenters. The summed E-state index contributed by atoms with van der Waals surface area (Å²) in [7, 11) is 1.22. The molecule has 0 heterocycles. The Morgan fingerprint density at radius 3 is 2.22 bits per heavy atom. The van der Waals surface area contributed by atoms with Gasteiger partial charge in [0.25, 0.3) is 0 Å². The van der Waals surface area contributed by atoms with Crippen LogP contribution in [0.25, 0.3) is 0 Å². The molecule has 0 bridgehead atoms. The highest BCUT2D eigenvalue weighted by molar-refractivity contribution is 5.69. The van der Waals surface area contributed by atoms with Gasteiger partial charge >= 0.3 is 5.97 Å². The molecule has 0 aromatic heterocycles. The zero-order valence-corrected chi connectivity index (χ0v) is 10.7. The number of rotatable bonds is 4. The molecule has 18 heavy (non-hydrogen) atoms. The highest BCUT2D eigenvalue weighted by atomic mass is 16.5. The summed E-state index contributed by atoms with van der Waals surface area (Å²) in [6, 6.07) is 2.99. The van der Waals surface area contributed by atoms with Crippen LogP contribution in [0.3, 0.4) is 0 Å². The molecule has 0 fully saturated rings. The Kier molecular flexibility index (Phi) is 4.69. The molecule has 1 aromatic rings. The van der Waals surface area contributed by atoms with Gasteiger partial charge in [0.05, 0.1) is 19.6 Å². The van der Waals surface area contributed by atoms with Gasteiger partial charge in [-0.1, -0.05) is 0 Å². The number of hydrogen-bond donors (Lipinski definition) is 3. The van der Waals surface area contributed by atoms with Gasteiger partial charge in [0, 0.05) is 0 Å². The molecule has 2 atom stereocenters. The SMILES string of the molecule is COC(=O)CC(O)C(O)c1c(C)cc(O)cc1C. The van der Waals surface area contributed by atoms with Crippen molar-refractivity contribution in [3.05, 3.63) is 28.8 Å². The number of aryl methyl sites for hydroxylation is 2. The first-order valence-electron chi connectivity index (χ1n) is 5.60. The van der Waals surface area contributed by atoms with Crippen molar-refractivity contribution in [3.63, 3.8) is 0 Å². The Hall–Kier alpha value is -1.59. The molecule has 0 aliphatic heterocycles. The second-order valence-corrected chi connectivity index (χ2v) is 4.29. The van der Waals surface area contributed by atoms with Gasteiger partial charge < -0.3 is 20.1 Å². The maximum Gasteiger partial charge on any atom is 0.308 e. The molecule has 0 amide bonds. The van der Waals surface area contributed by atoms with Crippen molar-refractivity contribution >= 4 is 5.97 Å². The van der Waals surface area contributed by atoms with Gasteiger partial charge in [-0.3, -0.25) is 4.79 Å². The summed E-state index contributed by atoms with van der Waals surface area (Å²) >= 11 is 0. The molecule has 0 saturated carbocycles. The van der Waals surface area contributed by atoms with Gasteiger partial charge in [0.2, 0.25) is 0 Å². The van der Waals surface area contributed by atoms with Gasteiger partial charge in [-0.25, -0.2) is 0 Å². The van der Waals surface area contributed by atoms with Crippen molar-refractivity contribution in [1.29, 1.82) is 0 Å². The second kappa shape index (κ2) is 5.84. The number of hydrogen-bond acceptors (Lipinski definition) is 5. The van der Waals surface area contributed by atoms with E-state index in [1.807, 2.05) is 0 Å². The molecular weight excluding hydrogens is 236 g/mol. The lowest BCUT2D eigenvalue weighted by atomic mass is 9.93. The number of carbonyl (C=O) groups is 1. The lowest BCUT2D eigenvalue weighted by Gasteiger charge is -2.21. The minimum absolute atomic E-state index is 0.100. The van der Waals surface area contributed by atoms with Gasteiger partial charge in [0.15, 0.2) is 0 Å². The zero-order chi connectivity index (χ0) is 13.9. The Balaban J connectivity index is 2.96. The number of ether oxygens (including phenoxy) is 1. The van der Waals surface area contributed by atoms with Crippen LogP contribution in [0.15, 0.2) is 12.1 Å². The highest BCUT2D eigenvalue weighted by Gasteiger charge is 2.24. The molecule has 5 heteroatoms. The summed E-state index contributed by atoms with van der Waals surface area (Å²) in [5.41, 5.74) is 1.83. The number of benzene rings is 1. The fourth-order valence-corrected chi connectivity index (χ4v) is 1.98. The number of carbonyl (C=O) groups excluding carboxylic acids is 1. The number of esters is 1. The summed E-state index contributed by atoms with van der Waals surface area (Å²) in [4.78, 5) is 11.0. The smallest absolute Gasteiger partial charge is 0.308 e. The van der Waals surface area contributed by atoms with Crippen molar-refractivity contribution in [1.82, 2.24) is 0 Å². The molecule has 100 valence electrons. The van der Waals surface area contributed by atoms with E-state index < -0.39 is 18.2 Å². The topological polar surface area (TPSA) is 87.0 Å². The summed E-state index contributed by atoms with van der Waals surface area (Å²) in [5.74, 6) is -0.487. The van der Waals surface area contributed by atoms with Gasteiger partial charge in [-0.15, -0.1) is 0 Å². The number of phenolic OH excluding ortho intramolecular Hbond substituents is 1. The summed E-state index contributed by atoms with van der Waals surface area (Å²) in [5, 5.41) is 29.2. The third-order valence-corrected chi connectivity index (χ3v) is 2.84. The monoisotopic (exact) mass is 254 g/mol. The molecule has 0 radical (unpaired) electrons. The minimum Gasteiger partial charge on any atom is -0.508 e. The maximum absolute atomic E-state index is 11.0. The third kappa shape index (κ3) is 3.21. The number of aliphatic hydroxyl groups excluding tert-OH is 2. The molecule has 5 nitrogen and oxygen atoms in total. The Bertz CT molecular complexity index is 418. The van der Waals surface area contributed by atoms with Crippen molar-refractivity contribution in [2.45, 2.75) is 32.5 Å². The maximum atomic E-state index is 11.0. The van der Waals surface area contributed by atoms with Crippen LogP contribution in [0, 0.1) is 13.8 Å². The fourth-order valence-electron chi connectivity index (χ4n) is 1.98. The van der Waals surface area contributed by atoms with Crippen LogP contribution in [-0.4, -0.2) is 34.5 Å². The van der Waals surface area contributed by atoms with E-state index in [9.17, 15) is 20.1 Å². The largest absolute Gasteiger partial charge is 0.508 e. The quantitative estimate of drug-likeness (QED) is 0.697. The molecule has 3 N–H and O–H groups in total. The predicted molar refractivity (Wildman–Crippen MR) is 65.2 cm³/mol. The van der Waals surface area contributed by atoms with E-state index in [1.54, 1.807) is 13.8 Å². The van der Waals surface area contributed by atoms with Crippen LogP contribution in [0.2, 0.25) is 0 Å². The first kappa shape index (κ1) is 14.5. The van der Waals surface area contributed by atoms with Crippen molar-refractivity contribution in [2.24, 2.45) is 0 Å². The second-order valence-electron chi connectivity index (χ2n) is 4.29. The number of methoxy groups -OCH3 is 1. The van der Waals surface area contributed by atoms with Crippen LogP contribution in [0.5, 0.6) is 5.75 Å². The number of aliphatic hydroxyl groups is 2. The van der Waals surface area contributed by atoms with E-state index in [1.165, 1.54) is 19.2 Å². The minimum atomic E-state index is -1.24. The number of aromatic hydroxyl groups is 1. The first-order chi connectivity index (χ1) is 8.36. The summed E-state index contributed by atoms with van der Waals surface area (Å²) in [6.45, 7) is 3.44. The lowest BCUT2D eigenvalue weighted by molar-refractivity contribution is -0.144. The first-order valence-corrected chi connectivity index (χ1v) is 5.60. The van der Waals surface area contributed by atoms with Crippen LogP contribution in [0.1, 0.15) is 29.2 Å². The standard InChI is InChI=1S/C13H18O5/c1-7-4-9(14)5-8(2)12(7)13(17)10(15)6-11(16)18-3/h4-5,10,13-15,17H,6H2,1-3H3. The lowest BCUT2D eigenvalue weighted by Crippen LogP contribution is -2.23. The van der Waals surface area contributed by atoms with E-state index in [0.29, 0.717) is 16.7 Å². The van der Waals surface area contributed by atoms with Crippen LogP contribution in [-0.2, 0) is 9.53 Å². The van der Waals surface area contributed by atoms with E-state index in [0.717, 1.165) is 0 Å². The van der Waals surface area contributed by atoms with Gasteiger partial charge in [-0.2, -0.15) is 0 Å². The molecule has 1 rings (SSSR count). The Morgan fingerprint density at radius 2 is 1.78 bits per heavy atom. The summed E-state index contributed by atoms with van der Waals surface area (Å²) < 4.78 is 4.44. The van der Waals surface area contributed by atoms with Crippen molar-refractivity contribution < 1.29 is 24.9 Å². The van der Waals surface area contributed by atoms with E-state index in [2.05, 4.69) is 4.74 Å². The van der Waals surface area contributed by atoms with Crippen LogP contribution >= 0.6 is 0 Å². The van der Waals surface area contributed by atoms with Gasteiger partial charge in [0.1, 0.15) is 11.9 Å². The Labute approximate surface area is 106 Å². The van der Waals surface area contributed by atoms with E-state index >= 15 is 0 Å². The molecule has 1 aromatic carbocycles. The zero-order valence-electron chi connectivity index (χ0n) is 10.7. The highest BCUT2D eigenvalue weighted by Crippen LogP contribution is 2.29. The normalized spacial score (nSPS) is 14.1. The van der Waals surface area contributed by atoms with Crippen LogP contribution < -0.4 is 0 Å². The summed E-state index contributed by atoms with van der Waals surface area (Å²) in [6.07, 6.45) is -2.71. The average Bonchev–Trinajstić information content (AvgIpc) is 2.27. The van der Waals surface area contributed by atoms with Crippen molar-refractivity contribution in [2.75, 3.05) is 7.11 Å². The molecule has 0 aliphatic carbocycles. The molecular formula is C13H18O5. The molecule has 0 spiro atoms. The van der Waals surface area contributed by atoms with E-state index in [4.69, 9.17) is 0 Å². The fraction of sp³-hybridized carbons (Fsp3) is 0.462. The van der Waals surface area contributed by atoms with Crippen LogP contribution in [0.4, 0.5) is 0 Å². The Morgan fingerprint density at radius 1 is 1.28 bits per heavy atom. The van der Waals surface area contributed by atoms with Gasteiger partial charge in [-0.05, 0) is 42.7 Å². The van der Waals surface area contributed by atoms with E-state index in [-0.39, 0.29) is 12.2 Å².